The molecule has 0 unspecified atom stereocenters. The van der Waals surface area contributed by atoms with Gasteiger partial charge in [0.15, 0.2) is 0 Å². The number of methoxy groups -OCH3 is 1. The molecule has 0 fully saturated rings. The van der Waals surface area contributed by atoms with Gasteiger partial charge in [-0.15, -0.1) is 0 Å². The van der Waals surface area contributed by atoms with E-state index in [0.29, 0.717) is 5.69 Å². The zero-order valence-corrected chi connectivity index (χ0v) is 11.3. The quantitative estimate of drug-likeness (QED) is 0.826. The van der Waals surface area contributed by atoms with Gasteiger partial charge < -0.3 is 10.5 Å². The molecule has 0 amide bonds. The van der Waals surface area contributed by atoms with Crippen LogP contribution in [0.25, 0.3) is 0 Å². The standard InChI is InChI=1S/C11H18N2O3S/c1-8(2)13(3)17(14,15)11-6-5-9(12)7-10(11)16-4/h5-8H,12H2,1-4H3. The average Bonchev–Trinajstić information content (AvgIpc) is 2.27. The topological polar surface area (TPSA) is 72.6 Å². The van der Waals surface area contributed by atoms with Crippen LogP contribution in [0.3, 0.4) is 0 Å². The fourth-order valence-corrected chi connectivity index (χ4v) is 2.83. The van der Waals surface area contributed by atoms with Crippen molar-refractivity contribution >= 4 is 15.7 Å². The molecule has 0 aromatic heterocycles. The zero-order chi connectivity index (χ0) is 13.2. The molecule has 96 valence electrons. The Hall–Kier alpha value is -1.27. The summed E-state index contributed by atoms with van der Waals surface area (Å²) in [6.45, 7) is 3.61. The first-order valence-corrected chi connectivity index (χ1v) is 6.66. The first kappa shape index (κ1) is 13.8. The predicted molar refractivity (Wildman–Crippen MR) is 67.5 cm³/mol. The molecule has 0 aliphatic rings. The molecule has 0 atom stereocenters. The van der Waals surface area contributed by atoms with Crippen LogP contribution in [-0.4, -0.2) is 32.9 Å². The van der Waals surface area contributed by atoms with Gasteiger partial charge in [0.25, 0.3) is 0 Å². The number of sulfonamides is 1. The fourth-order valence-electron chi connectivity index (χ4n) is 1.33. The number of benzene rings is 1. The summed E-state index contributed by atoms with van der Waals surface area (Å²) in [5.41, 5.74) is 6.06. The van der Waals surface area contributed by atoms with Crippen LogP contribution >= 0.6 is 0 Å². The third-order valence-electron chi connectivity index (χ3n) is 2.57. The van der Waals surface area contributed by atoms with Crippen molar-refractivity contribution in [2.75, 3.05) is 19.9 Å². The van der Waals surface area contributed by atoms with Gasteiger partial charge in [0.1, 0.15) is 10.6 Å². The highest BCUT2D eigenvalue weighted by atomic mass is 32.2. The molecule has 2 N–H and O–H groups in total. The molecule has 0 heterocycles. The third-order valence-corrected chi connectivity index (χ3v) is 4.64. The molecule has 0 bridgehead atoms. The minimum absolute atomic E-state index is 0.123. The smallest absolute Gasteiger partial charge is 0.246 e. The molecule has 0 aliphatic heterocycles. The molecule has 0 spiro atoms. The lowest BCUT2D eigenvalue weighted by molar-refractivity contribution is 0.388. The van der Waals surface area contributed by atoms with Crippen LogP contribution in [-0.2, 0) is 10.0 Å². The van der Waals surface area contributed by atoms with Gasteiger partial charge in [0, 0.05) is 24.8 Å². The van der Waals surface area contributed by atoms with E-state index in [1.54, 1.807) is 19.9 Å². The van der Waals surface area contributed by atoms with Gasteiger partial charge in [-0.1, -0.05) is 0 Å². The second-order valence-electron chi connectivity index (χ2n) is 4.03. The van der Waals surface area contributed by atoms with E-state index >= 15 is 0 Å². The largest absolute Gasteiger partial charge is 0.495 e. The SMILES string of the molecule is COc1cc(N)ccc1S(=O)(=O)N(C)C(C)C. The van der Waals surface area contributed by atoms with Crippen LogP contribution in [0.4, 0.5) is 5.69 Å². The minimum atomic E-state index is -3.54. The van der Waals surface area contributed by atoms with E-state index in [9.17, 15) is 8.42 Å². The molecular weight excluding hydrogens is 240 g/mol. The molecule has 6 heteroatoms. The first-order valence-electron chi connectivity index (χ1n) is 5.22. The number of nitrogen functional groups attached to an aromatic ring is 1. The fraction of sp³-hybridized carbons (Fsp3) is 0.455. The second-order valence-corrected chi connectivity index (χ2v) is 5.99. The highest BCUT2D eigenvalue weighted by Crippen LogP contribution is 2.28. The number of ether oxygens (including phenoxy) is 1. The lowest BCUT2D eigenvalue weighted by Gasteiger charge is -2.22. The van der Waals surface area contributed by atoms with Gasteiger partial charge in [-0.25, -0.2) is 8.42 Å². The Bertz CT molecular complexity index is 497. The number of rotatable bonds is 4. The van der Waals surface area contributed by atoms with Crippen LogP contribution in [0.5, 0.6) is 5.75 Å². The van der Waals surface area contributed by atoms with E-state index in [-0.39, 0.29) is 16.7 Å². The number of nitrogens with zero attached hydrogens (tertiary/aromatic N) is 1. The van der Waals surface area contributed by atoms with Crippen molar-refractivity contribution in [1.82, 2.24) is 4.31 Å². The van der Waals surface area contributed by atoms with Crippen molar-refractivity contribution < 1.29 is 13.2 Å². The van der Waals surface area contributed by atoms with E-state index < -0.39 is 10.0 Å². The molecule has 0 saturated carbocycles. The average molecular weight is 258 g/mol. The van der Waals surface area contributed by atoms with Crippen molar-refractivity contribution in [2.24, 2.45) is 0 Å². The molecule has 0 radical (unpaired) electrons. The third kappa shape index (κ3) is 2.70. The molecular formula is C11H18N2O3S. The van der Waals surface area contributed by atoms with E-state index in [2.05, 4.69) is 0 Å². The van der Waals surface area contributed by atoms with Crippen LogP contribution in [0.15, 0.2) is 23.1 Å². The molecule has 1 aromatic carbocycles. The first-order chi connectivity index (χ1) is 7.80. The monoisotopic (exact) mass is 258 g/mol. The molecule has 0 aliphatic carbocycles. The highest BCUT2D eigenvalue weighted by Gasteiger charge is 2.26. The van der Waals surface area contributed by atoms with Gasteiger partial charge in [-0.2, -0.15) is 4.31 Å². The number of hydrogen-bond acceptors (Lipinski definition) is 4. The summed E-state index contributed by atoms with van der Waals surface area (Å²) < 4.78 is 30.9. The van der Waals surface area contributed by atoms with E-state index in [1.807, 2.05) is 0 Å². The summed E-state index contributed by atoms with van der Waals surface area (Å²) in [5, 5.41) is 0. The summed E-state index contributed by atoms with van der Waals surface area (Å²) >= 11 is 0. The Kier molecular flexibility index (Phi) is 4.00. The maximum absolute atomic E-state index is 12.3. The molecule has 1 aromatic rings. The second kappa shape index (κ2) is 4.93. The Morgan fingerprint density at radius 3 is 2.41 bits per heavy atom. The van der Waals surface area contributed by atoms with Crippen molar-refractivity contribution in [3.8, 4) is 5.75 Å². The van der Waals surface area contributed by atoms with E-state index in [0.717, 1.165) is 0 Å². The van der Waals surface area contributed by atoms with Gasteiger partial charge in [0.2, 0.25) is 10.0 Å². The number of hydrogen-bond donors (Lipinski definition) is 1. The van der Waals surface area contributed by atoms with Gasteiger partial charge in [-0.05, 0) is 26.0 Å². The summed E-state index contributed by atoms with van der Waals surface area (Å²) in [5.74, 6) is 0.262. The Morgan fingerprint density at radius 2 is 1.94 bits per heavy atom. The Morgan fingerprint density at radius 1 is 1.35 bits per heavy atom. The normalized spacial score (nSPS) is 12.1. The van der Waals surface area contributed by atoms with Crippen LogP contribution < -0.4 is 10.5 Å². The number of nitrogens with two attached hydrogens (primary N) is 1. The van der Waals surface area contributed by atoms with Crippen LogP contribution in [0.1, 0.15) is 13.8 Å². The predicted octanol–water partition coefficient (Wildman–Crippen LogP) is 1.31. The van der Waals surface area contributed by atoms with Crippen molar-refractivity contribution in [3.63, 3.8) is 0 Å². The summed E-state index contributed by atoms with van der Waals surface area (Å²) in [6.07, 6.45) is 0. The van der Waals surface area contributed by atoms with Gasteiger partial charge in [0.05, 0.1) is 7.11 Å². The molecule has 5 nitrogen and oxygen atoms in total. The maximum atomic E-state index is 12.3. The molecule has 0 saturated heterocycles. The van der Waals surface area contributed by atoms with E-state index in [4.69, 9.17) is 10.5 Å². The Labute approximate surface area is 102 Å². The van der Waals surface area contributed by atoms with Crippen molar-refractivity contribution in [1.29, 1.82) is 0 Å². The number of anilines is 1. The van der Waals surface area contributed by atoms with Crippen molar-refractivity contribution in [2.45, 2.75) is 24.8 Å². The summed E-state index contributed by atoms with van der Waals surface area (Å²) in [6, 6.07) is 4.38. The van der Waals surface area contributed by atoms with Crippen molar-refractivity contribution in [3.05, 3.63) is 18.2 Å². The molecule has 1 rings (SSSR count). The van der Waals surface area contributed by atoms with E-state index in [1.165, 1.54) is 30.6 Å². The molecule has 17 heavy (non-hydrogen) atoms. The summed E-state index contributed by atoms with van der Waals surface area (Å²) in [4.78, 5) is 0.130. The maximum Gasteiger partial charge on any atom is 0.246 e. The van der Waals surface area contributed by atoms with Gasteiger partial charge >= 0.3 is 0 Å². The Balaban J connectivity index is 3.33. The van der Waals surface area contributed by atoms with Crippen LogP contribution in [0.2, 0.25) is 0 Å². The zero-order valence-electron chi connectivity index (χ0n) is 10.5. The van der Waals surface area contributed by atoms with Crippen LogP contribution in [0, 0.1) is 0 Å². The van der Waals surface area contributed by atoms with Gasteiger partial charge in [-0.3, -0.25) is 0 Å². The lowest BCUT2D eigenvalue weighted by atomic mass is 10.3. The highest BCUT2D eigenvalue weighted by molar-refractivity contribution is 7.89. The minimum Gasteiger partial charge on any atom is -0.495 e. The summed E-state index contributed by atoms with van der Waals surface area (Å²) in [7, 11) is -0.588. The lowest BCUT2D eigenvalue weighted by Crippen LogP contribution is -2.33.